The molecule has 0 amide bonds. The van der Waals surface area contributed by atoms with Crippen LogP contribution in [0.25, 0.3) is 0 Å². The van der Waals surface area contributed by atoms with Gasteiger partial charge in [0.1, 0.15) is 5.75 Å². The van der Waals surface area contributed by atoms with E-state index in [1.807, 2.05) is 6.07 Å². The smallest absolute Gasteiger partial charge is 0.119 e. The molecule has 2 heteroatoms. The average molecular weight is 222 g/mol. The minimum atomic E-state index is 0.127. The van der Waals surface area contributed by atoms with Crippen molar-refractivity contribution in [3.05, 3.63) is 29.3 Å². The van der Waals surface area contributed by atoms with E-state index in [-0.39, 0.29) is 12.0 Å². The van der Waals surface area contributed by atoms with Gasteiger partial charge in [-0.05, 0) is 41.5 Å². The molecule has 0 atom stereocenters. The van der Waals surface area contributed by atoms with Crippen molar-refractivity contribution in [2.75, 3.05) is 13.7 Å². The van der Waals surface area contributed by atoms with Crippen LogP contribution in [0.5, 0.6) is 5.75 Å². The Balaban J connectivity index is 3.01. The van der Waals surface area contributed by atoms with Crippen molar-refractivity contribution < 1.29 is 9.84 Å². The molecular formula is C14H22O2. The molecule has 0 bridgehead atoms. The van der Waals surface area contributed by atoms with E-state index in [2.05, 4.69) is 32.9 Å². The van der Waals surface area contributed by atoms with E-state index in [1.165, 1.54) is 11.1 Å². The first-order valence-corrected chi connectivity index (χ1v) is 5.76. The lowest BCUT2D eigenvalue weighted by Gasteiger charge is -2.21. The van der Waals surface area contributed by atoms with Gasteiger partial charge in [0.05, 0.1) is 7.11 Å². The molecule has 0 radical (unpaired) electrons. The Hall–Kier alpha value is -1.02. The van der Waals surface area contributed by atoms with Gasteiger partial charge in [-0.2, -0.15) is 0 Å². The monoisotopic (exact) mass is 222 g/mol. The van der Waals surface area contributed by atoms with Crippen molar-refractivity contribution in [1.82, 2.24) is 0 Å². The van der Waals surface area contributed by atoms with Gasteiger partial charge in [0, 0.05) is 6.61 Å². The van der Waals surface area contributed by atoms with Crippen LogP contribution in [-0.2, 0) is 11.8 Å². The van der Waals surface area contributed by atoms with Gasteiger partial charge in [-0.3, -0.25) is 0 Å². The summed E-state index contributed by atoms with van der Waals surface area (Å²) in [7, 11) is 1.69. The number of aliphatic hydroxyl groups excluding tert-OH is 1. The Morgan fingerprint density at radius 1 is 1.19 bits per heavy atom. The molecule has 1 rings (SSSR count). The molecule has 1 aromatic rings. The minimum Gasteiger partial charge on any atom is -0.497 e. The Morgan fingerprint density at radius 2 is 1.88 bits per heavy atom. The van der Waals surface area contributed by atoms with Gasteiger partial charge in [0.25, 0.3) is 0 Å². The highest BCUT2D eigenvalue weighted by atomic mass is 16.5. The molecule has 0 unspecified atom stereocenters. The number of aryl methyl sites for hydroxylation is 1. The average Bonchev–Trinajstić information content (AvgIpc) is 2.24. The zero-order valence-corrected chi connectivity index (χ0v) is 10.7. The lowest BCUT2D eigenvalue weighted by Crippen LogP contribution is -2.11. The molecule has 0 saturated heterocycles. The predicted molar refractivity (Wildman–Crippen MR) is 67.1 cm³/mol. The largest absolute Gasteiger partial charge is 0.497 e. The van der Waals surface area contributed by atoms with Gasteiger partial charge in [-0.25, -0.2) is 0 Å². The number of ether oxygens (including phenoxy) is 1. The third-order valence-electron chi connectivity index (χ3n) is 2.69. The second kappa shape index (κ2) is 5.35. The van der Waals surface area contributed by atoms with Crippen molar-refractivity contribution in [2.24, 2.45) is 0 Å². The fourth-order valence-corrected chi connectivity index (χ4v) is 1.64. The van der Waals surface area contributed by atoms with Crippen molar-refractivity contribution in [2.45, 2.75) is 39.0 Å². The SMILES string of the molecule is COc1cc(CCCO)cc(C(C)(C)C)c1. The second-order valence-corrected chi connectivity index (χ2v) is 5.15. The third kappa shape index (κ3) is 3.53. The highest BCUT2D eigenvalue weighted by Gasteiger charge is 2.15. The van der Waals surface area contributed by atoms with E-state index in [9.17, 15) is 0 Å². The number of rotatable bonds is 4. The van der Waals surface area contributed by atoms with Crippen molar-refractivity contribution in [3.8, 4) is 5.75 Å². The summed E-state index contributed by atoms with van der Waals surface area (Å²) >= 11 is 0. The molecule has 90 valence electrons. The van der Waals surface area contributed by atoms with Crippen molar-refractivity contribution >= 4 is 0 Å². The molecule has 1 N–H and O–H groups in total. The maximum atomic E-state index is 8.85. The van der Waals surface area contributed by atoms with Crippen LogP contribution in [0.2, 0.25) is 0 Å². The van der Waals surface area contributed by atoms with Crippen LogP contribution in [0.4, 0.5) is 0 Å². The van der Waals surface area contributed by atoms with Crippen molar-refractivity contribution in [1.29, 1.82) is 0 Å². The van der Waals surface area contributed by atoms with E-state index in [4.69, 9.17) is 9.84 Å². The van der Waals surface area contributed by atoms with Crippen LogP contribution in [0.15, 0.2) is 18.2 Å². The number of methoxy groups -OCH3 is 1. The quantitative estimate of drug-likeness (QED) is 0.848. The van der Waals surface area contributed by atoms with E-state index in [1.54, 1.807) is 7.11 Å². The summed E-state index contributed by atoms with van der Waals surface area (Å²) in [4.78, 5) is 0. The van der Waals surface area contributed by atoms with Gasteiger partial charge in [0.15, 0.2) is 0 Å². The molecule has 16 heavy (non-hydrogen) atoms. The number of hydrogen-bond donors (Lipinski definition) is 1. The highest BCUT2D eigenvalue weighted by Crippen LogP contribution is 2.27. The van der Waals surface area contributed by atoms with E-state index in [0.717, 1.165) is 18.6 Å². The lowest BCUT2D eigenvalue weighted by molar-refractivity contribution is 0.288. The van der Waals surface area contributed by atoms with Crippen LogP contribution >= 0.6 is 0 Å². The predicted octanol–water partition coefficient (Wildman–Crippen LogP) is 2.92. The first-order chi connectivity index (χ1) is 7.47. The summed E-state index contributed by atoms with van der Waals surface area (Å²) < 4.78 is 5.31. The lowest BCUT2D eigenvalue weighted by atomic mass is 9.85. The maximum Gasteiger partial charge on any atom is 0.119 e. The number of hydrogen-bond acceptors (Lipinski definition) is 2. The second-order valence-electron chi connectivity index (χ2n) is 5.15. The molecule has 0 aromatic heterocycles. The summed E-state index contributed by atoms with van der Waals surface area (Å²) in [5.74, 6) is 0.903. The molecule has 0 saturated carbocycles. The molecule has 0 aliphatic carbocycles. The molecule has 0 spiro atoms. The van der Waals surface area contributed by atoms with Gasteiger partial charge >= 0.3 is 0 Å². The number of aliphatic hydroxyl groups is 1. The minimum absolute atomic E-state index is 0.127. The summed E-state index contributed by atoms with van der Waals surface area (Å²) in [5.41, 5.74) is 2.64. The number of benzene rings is 1. The Morgan fingerprint density at radius 3 is 2.38 bits per heavy atom. The summed E-state index contributed by atoms with van der Waals surface area (Å²) in [6, 6.07) is 6.34. The fourth-order valence-electron chi connectivity index (χ4n) is 1.64. The van der Waals surface area contributed by atoms with Crippen LogP contribution in [0, 0.1) is 0 Å². The van der Waals surface area contributed by atoms with E-state index >= 15 is 0 Å². The van der Waals surface area contributed by atoms with Gasteiger partial charge in [0.2, 0.25) is 0 Å². The first-order valence-electron chi connectivity index (χ1n) is 5.76. The van der Waals surface area contributed by atoms with E-state index < -0.39 is 0 Å². The Bertz CT molecular complexity index is 337. The van der Waals surface area contributed by atoms with E-state index in [0.29, 0.717) is 0 Å². The fraction of sp³-hybridized carbons (Fsp3) is 0.571. The third-order valence-corrected chi connectivity index (χ3v) is 2.69. The summed E-state index contributed by atoms with van der Waals surface area (Å²) in [5, 5.41) is 8.85. The molecule has 0 fully saturated rings. The zero-order chi connectivity index (χ0) is 12.2. The van der Waals surface area contributed by atoms with Crippen molar-refractivity contribution in [3.63, 3.8) is 0 Å². The van der Waals surface area contributed by atoms with Gasteiger partial charge in [-0.15, -0.1) is 0 Å². The maximum absolute atomic E-state index is 8.85. The standard InChI is InChI=1S/C14H22O2/c1-14(2,3)12-8-11(6-5-7-15)9-13(10-12)16-4/h8-10,15H,5-7H2,1-4H3. The summed E-state index contributed by atoms with van der Waals surface area (Å²) in [6.45, 7) is 6.81. The van der Waals surface area contributed by atoms with Crippen LogP contribution < -0.4 is 4.74 Å². The van der Waals surface area contributed by atoms with Crippen LogP contribution in [-0.4, -0.2) is 18.8 Å². The zero-order valence-electron chi connectivity index (χ0n) is 10.7. The highest BCUT2D eigenvalue weighted by molar-refractivity contribution is 5.37. The van der Waals surface area contributed by atoms with Crippen LogP contribution in [0.3, 0.4) is 0 Å². The normalized spacial score (nSPS) is 11.6. The molecule has 1 aromatic carbocycles. The van der Waals surface area contributed by atoms with Gasteiger partial charge in [-0.1, -0.05) is 26.8 Å². The van der Waals surface area contributed by atoms with Crippen LogP contribution in [0.1, 0.15) is 38.3 Å². The molecule has 0 aliphatic heterocycles. The first kappa shape index (κ1) is 13.0. The molecular weight excluding hydrogens is 200 g/mol. The topological polar surface area (TPSA) is 29.5 Å². The molecule has 2 nitrogen and oxygen atoms in total. The Kier molecular flexibility index (Phi) is 4.36. The Labute approximate surface area is 98.3 Å². The molecule has 0 heterocycles. The molecule has 0 aliphatic rings. The summed E-state index contributed by atoms with van der Waals surface area (Å²) in [6.07, 6.45) is 1.70. The van der Waals surface area contributed by atoms with Gasteiger partial charge < -0.3 is 9.84 Å².